The minimum absolute atomic E-state index is 0. The summed E-state index contributed by atoms with van der Waals surface area (Å²) in [6.45, 7) is 4.57. The fourth-order valence-electron chi connectivity index (χ4n) is 4.49. The predicted molar refractivity (Wildman–Crippen MR) is 144 cm³/mol. The number of ketones is 1. The van der Waals surface area contributed by atoms with E-state index in [2.05, 4.69) is 26.3 Å². The Morgan fingerprint density at radius 2 is 1.89 bits per heavy atom. The van der Waals surface area contributed by atoms with Gasteiger partial charge < -0.3 is 25.2 Å². The Morgan fingerprint density at radius 3 is 2.66 bits per heavy atom. The molecule has 1 aliphatic carbocycles. The lowest BCUT2D eigenvalue weighted by Crippen LogP contribution is -2.49. The second-order valence-corrected chi connectivity index (χ2v) is 8.75. The maximum atomic E-state index is 13.6. The number of morpholine rings is 1. The van der Waals surface area contributed by atoms with Crippen LogP contribution in [0.25, 0.3) is 22.5 Å². The van der Waals surface area contributed by atoms with E-state index < -0.39 is 6.03 Å². The molecule has 12 heteroatoms. The van der Waals surface area contributed by atoms with E-state index in [1.165, 1.54) is 0 Å². The summed E-state index contributed by atoms with van der Waals surface area (Å²) >= 11 is 0. The third kappa shape index (κ3) is 6.04. The summed E-state index contributed by atoms with van der Waals surface area (Å²) in [4.78, 5) is 26.2. The number of anilines is 1. The molecule has 2 amide bonds. The summed E-state index contributed by atoms with van der Waals surface area (Å²) < 4.78 is 10.5. The first-order valence-corrected chi connectivity index (χ1v) is 12.3. The fraction of sp³-hybridized carbons (Fsp3) is 0.346. The number of nitrogens with one attached hydrogen (secondary N) is 4. The molecule has 2 aliphatic rings. The molecule has 1 fully saturated rings. The van der Waals surface area contributed by atoms with Crippen LogP contribution in [0.2, 0.25) is 0 Å². The minimum atomic E-state index is -0.402. The van der Waals surface area contributed by atoms with E-state index in [1.54, 1.807) is 11.1 Å². The molecule has 0 bridgehead atoms. The first-order chi connectivity index (χ1) is 18.2. The topological polar surface area (TPSA) is 141 Å². The lowest BCUT2D eigenvalue weighted by atomic mass is 10.0. The van der Waals surface area contributed by atoms with Crippen molar-refractivity contribution in [3.8, 4) is 22.5 Å². The molecule has 1 aliphatic heterocycles. The number of rotatable bonds is 10. The van der Waals surface area contributed by atoms with Gasteiger partial charge in [0, 0.05) is 37.3 Å². The van der Waals surface area contributed by atoms with Crippen LogP contribution >= 0.6 is 12.4 Å². The SMILES string of the molecule is Cl.O=C(Nc1cccc2c1C(=O)c1c(-c3ccc(CNCCOCCO)cc3)n[nH]c1-2)NN1CCOCC1. The monoisotopic (exact) mass is 542 g/mol. The lowest BCUT2D eigenvalue weighted by molar-refractivity contribution is 0.0207. The molecule has 3 aromatic rings. The van der Waals surface area contributed by atoms with E-state index >= 15 is 0 Å². The summed E-state index contributed by atoms with van der Waals surface area (Å²) in [7, 11) is 0. The highest BCUT2D eigenvalue weighted by molar-refractivity contribution is 6.26. The number of benzene rings is 2. The van der Waals surface area contributed by atoms with Crippen LogP contribution in [0.15, 0.2) is 42.5 Å². The Hall–Kier alpha value is -3.32. The number of hydrogen-bond donors (Lipinski definition) is 5. The molecule has 0 atom stereocenters. The number of carbonyl (C=O) groups is 2. The summed E-state index contributed by atoms with van der Waals surface area (Å²) in [5.41, 5.74) is 8.08. The lowest BCUT2D eigenvalue weighted by Gasteiger charge is -2.27. The maximum absolute atomic E-state index is 13.6. The van der Waals surface area contributed by atoms with Gasteiger partial charge in [-0.1, -0.05) is 36.4 Å². The molecular weight excluding hydrogens is 512 g/mol. The molecule has 5 rings (SSSR count). The molecule has 11 nitrogen and oxygen atoms in total. The number of carbonyl (C=O) groups excluding carboxylic acids is 2. The number of fused-ring (bicyclic) bond motifs is 3. The van der Waals surface area contributed by atoms with Gasteiger partial charge >= 0.3 is 6.03 Å². The van der Waals surface area contributed by atoms with E-state index in [9.17, 15) is 9.59 Å². The summed E-state index contributed by atoms with van der Waals surface area (Å²) in [5, 5.41) is 24.1. The van der Waals surface area contributed by atoms with Crippen molar-refractivity contribution in [1.29, 1.82) is 0 Å². The van der Waals surface area contributed by atoms with Gasteiger partial charge in [-0.05, 0) is 11.6 Å². The number of hydrazine groups is 1. The Balaban J connectivity index is 0.00000336. The molecule has 1 saturated heterocycles. The number of amides is 2. The zero-order valence-electron chi connectivity index (χ0n) is 20.8. The van der Waals surface area contributed by atoms with Crippen LogP contribution in [0.4, 0.5) is 10.5 Å². The second-order valence-electron chi connectivity index (χ2n) is 8.75. The third-order valence-corrected chi connectivity index (χ3v) is 6.29. The van der Waals surface area contributed by atoms with Gasteiger partial charge in [0.1, 0.15) is 5.69 Å². The van der Waals surface area contributed by atoms with Crippen molar-refractivity contribution in [3.05, 3.63) is 59.2 Å². The van der Waals surface area contributed by atoms with Gasteiger partial charge in [0.15, 0.2) is 5.78 Å². The normalized spacial score (nSPS) is 14.5. The predicted octanol–water partition coefficient (Wildman–Crippen LogP) is 2.18. The molecule has 202 valence electrons. The number of ether oxygens (including phenoxy) is 2. The molecule has 0 saturated carbocycles. The number of nitrogens with zero attached hydrogens (tertiary/aromatic N) is 2. The minimum Gasteiger partial charge on any atom is -0.394 e. The number of urea groups is 1. The summed E-state index contributed by atoms with van der Waals surface area (Å²) in [6, 6.07) is 12.9. The first kappa shape index (κ1) is 27.7. The Bertz CT molecular complexity index is 1260. The van der Waals surface area contributed by atoms with Crippen molar-refractivity contribution >= 4 is 29.9 Å². The number of aromatic amines is 1. The van der Waals surface area contributed by atoms with Gasteiger partial charge in [-0.25, -0.2) is 9.80 Å². The van der Waals surface area contributed by atoms with Crippen LogP contribution in [0.1, 0.15) is 21.5 Å². The third-order valence-electron chi connectivity index (χ3n) is 6.29. The number of aliphatic hydroxyl groups excluding tert-OH is 1. The van der Waals surface area contributed by atoms with E-state index in [0.717, 1.165) is 11.1 Å². The second kappa shape index (κ2) is 13.0. The quantitative estimate of drug-likeness (QED) is 0.192. The molecule has 0 unspecified atom stereocenters. The van der Waals surface area contributed by atoms with E-state index in [4.69, 9.17) is 14.6 Å². The van der Waals surface area contributed by atoms with Gasteiger partial charge in [0.2, 0.25) is 0 Å². The number of aliphatic hydroxyl groups is 1. The van der Waals surface area contributed by atoms with Crippen LogP contribution in [0.3, 0.4) is 0 Å². The Kier molecular flexibility index (Phi) is 9.45. The molecule has 38 heavy (non-hydrogen) atoms. The summed E-state index contributed by atoms with van der Waals surface area (Å²) in [6.07, 6.45) is 0. The maximum Gasteiger partial charge on any atom is 0.333 e. The van der Waals surface area contributed by atoms with Gasteiger partial charge in [0.05, 0.1) is 55.5 Å². The van der Waals surface area contributed by atoms with Gasteiger partial charge in [-0.15, -0.1) is 12.4 Å². The highest BCUT2D eigenvalue weighted by Gasteiger charge is 2.35. The van der Waals surface area contributed by atoms with Crippen molar-refractivity contribution in [2.24, 2.45) is 0 Å². The van der Waals surface area contributed by atoms with Crippen molar-refractivity contribution < 1.29 is 24.2 Å². The Labute approximate surface area is 226 Å². The van der Waals surface area contributed by atoms with Crippen molar-refractivity contribution in [1.82, 2.24) is 25.9 Å². The molecule has 2 heterocycles. The molecule has 5 N–H and O–H groups in total. The van der Waals surface area contributed by atoms with E-state index in [0.29, 0.717) is 86.4 Å². The van der Waals surface area contributed by atoms with Crippen LogP contribution in [0.5, 0.6) is 0 Å². The van der Waals surface area contributed by atoms with Gasteiger partial charge in [0.25, 0.3) is 0 Å². The highest BCUT2D eigenvalue weighted by Crippen LogP contribution is 2.42. The van der Waals surface area contributed by atoms with Crippen molar-refractivity contribution in [2.45, 2.75) is 6.54 Å². The van der Waals surface area contributed by atoms with E-state index in [-0.39, 0.29) is 24.8 Å². The van der Waals surface area contributed by atoms with Crippen LogP contribution in [0, 0.1) is 0 Å². The number of aromatic nitrogens is 2. The number of hydrogen-bond acceptors (Lipinski definition) is 8. The van der Waals surface area contributed by atoms with Crippen LogP contribution in [-0.4, -0.2) is 84.8 Å². The fourth-order valence-corrected chi connectivity index (χ4v) is 4.49. The zero-order valence-corrected chi connectivity index (χ0v) is 21.6. The molecule has 0 spiro atoms. The Morgan fingerprint density at radius 1 is 1.11 bits per heavy atom. The summed E-state index contributed by atoms with van der Waals surface area (Å²) in [5.74, 6) is -0.176. The highest BCUT2D eigenvalue weighted by atomic mass is 35.5. The van der Waals surface area contributed by atoms with Crippen LogP contribution < -0.4 is 16.1 Å². The van der Waals surface area contributed by atoms with E-state index in [1.807, 2.05) is 36.4 Å². The van der Waals surface area contributed by atoms with Crippen LogP contribution in [-0.2, 0) is 16.0 Å². The molecule has 1 aromatic heterocycles. The molecule has 2 aromatic carbocycles. The number of halogens is 1. The van der Waals surface area contributed by atoms with Gasteiger partial charge in [-0.2, -0.15) is 5.10 Å². The molecule has 0 radical (unpaired) electrons. The standard InChI is InChI=1S/C26H30N6O5.ClH/c33-11-15-36-12-8-27-16-17-4-6-18(7-5-17)23-22-24(30-29-23)19-2-1-3-20(21(19)25(22)34)28-26(35)31-32-9-13-37-14-10-32;/h1-7,27,33H,8-16H2,(H,29,30)(H2,28,31,35);1H. The number of H-pyrrole nitrogens is 1. The largest absolute Gasteiger partial charge is 0.394 e. The zero-order chi connectivity index (χ0) is 25.6. The molecular formula is C26H31ClN6O5. The average Bonchev–Trinajstić information content (AvgIpc) is 3.47. The van der Waals surface area contributed by atoms with Gasteiger partial charge in [-0.3, -0.25) is 15.3 Å². The average molecular weight is 543 g/mol. The smallest absolute Gasteiger partial charge is 0.333 e. The van der Waals surface area contributed by atoms with Crippen molar-refractivity contribution in [2.75, 3.05) is 58.0 Å². The van der Waals surface area contributed by atoms with Crippen molar-refractivity contribution in [3.63, 3.8) is 0 Å². The first-order valence-electron chi connectivity index (χ1n) is 12.3.